The van der Waals surface area contributed by atoms with E-state index in [1.807, 2.05) is 61.5 Å². The highest BCUT2D eigenvalue weighted by molar-refractivity contribution is 6.08. The van der Waals surface area contributed by atoms with Crippen LogP contribution < -0.4 is 21.3 Å². The van der Waals surface area contributed by atoms with Crippen molar-refractivity contribution in [2.75, 3.05) is 61.9 Å². The first-order valence-electron chi connectivity index (χ1n) is 33.3. The van der Waals surface area contributed by atoms with Gasteiger partial charge in [-0.3, -0.25) is 58.2 Å². The molecule has 2 aromatic carbocycles. The highest BCUT2D eigenvalue weighted by Gasteiger charge is 2.45. The van der Waals surface area contributed by atoms with Gasteiger partial charge >= 0.3 is 6.03 Å². The van der Waals surface area contributed by atoms with Crippen LogP contribution in [0.2, 0.25) is 0 Å². The van der Waals surface area contributed by atoms with E-state index in [0.29, 0.717) is 31.5 Å². The molecule has 0 aliphatic carbocycles. The number of piperidine rings is 1. The van der Waals surface area contributed by atoms with Crippen LogP contribution in [0, 0.1) is 23.7 Å². The molecule has 5 N–H and O–H groups in total. The molecule has 12 amide bonds. The number of aliphatic hydroxyl groups is 1. The maximum atomic E-state index is 15.4. The van der Waals surface area contributed by atoms with Gasteiger partial charge < -0.3 is 55.4 Å². The Balaban J connectivity index is 2.00. The van der Waals surface area contributed by atoms with Gasteiger partial charge in [0, 0.05) is 68.3 Å². The van der Waals surface area contributed by atoms with Gasteiger partial charge in [-0.2, -0.15) is 0 Å². The van der Waals surface area contributed by atoms with E-state index in [1.165, 1.54) is 85.5 Å². The van der Waals surface area contributed by atoms with Crippen LogP contribution in [0.15, 0.2) is 60.7 Å². The first-order valence-corrected chi connectivity index (χ1v) is 33.3. The van der Waals surface area contributed by atoms with E-state index in [2.05, 4.69) is 21.3 Å². The number of likely N-dealkylation sites (tertiary alicyclic amines) is 1. The number of hydrogen-bond donors (Lipinski definition) is 5. The maximum Gasteiger partial charge on any atom is 0.327 e. The summed E-state index contributed by atoms with van der Waals surface area (Å²) < 4.78 is 0. The van der Waals surface area contributed by atoms with Crippen LogP contribution in [0.5, 0.6) is 0 Å². The van der Waals surface area contributed by atoms with Gasteiger partial charge in [-0.1, -0.05) is 130 Å². The summed E-state index contributed by atoms with van der Waals surface area (Å²) in [6.07, 6.45) is 0.0909. The van der Waals surface area contributed by atoms with E-state index in [-0.39, 0.29) is 69.2 Å². The van der Waals surface area contributed by atoms with Gasteiger partial charge in [-0.25, -0.2) is 4.79 Å². The average Bonchev–Trinajstić information content (AvgIpc) is 0.843. The van der Waals surface area contributed by atoms with Crippen LogP contribution in [0.3, 0.4) is 0 Å². The molecular weight excluding hydrogens is 1190 g/mol. The summed E-state index contributed by atoms with van der Waals surface area (Å²) in [5.74, 6) is -8.38. The van der Waals surface area contributed by atoms with E-state index in [1.54, 1.807) is 68.4 Å². The zero-order valence-corrected chi connectivity index (χ0v) is 58.6. The van der Waals surface area contributed by atoms with E-state index >= 15 is 28.8 Å². The van der Waals surface area contributed by atoms with Crippen molar-refractivity contribution in [3.05, 3.63) is 71.8 Å². The smallest absolute Gasteiger partial charge is 0.327 e. The topological polar surface area (TPSA) is 282 Å². The minimum atomic E-state index is -1.84. The molecule has 2 saturated heterocycles. The Labute approximate surface area is 552 Å². The molecule has 2 fully saturated rings. The molecule has 2 aliphatic heterocycles. The minimum absolute atomic E-state index is 0.00772. The molecule has 518 valence electrons. The first kappa shape index (κ1) is 78.0. The van der Waals surface area contributed by atoms with Gasteiger partial charge in [0.2, 0.25) is 41.4 Å². The number of nitrogens with one attached hydrogen (secondary N) is 4. The molecule has 24 heteroatoms. The normalized spacial score (nSPS) is 25.7. The van der Waals surface area contributed by atoms with Crippen LogP contribution >= 0.6 is 0 Å². The maximum absolute atomic E-state index is 15.4. The predicted molar refractivity (Wildman–Crippen MR) is 356 cm³/mol. The molecule has 2 aliphatic rings. The van der Waals surface area contributed by atoms with Gasteiger partial charge in [-0.15, -0.1) is 0 Å². The summed E-state index contributed by atoms with van der Waals surface area (Å²) in [6, 6.07) is 4.77. The van der Waals surface area contributed by atoms with Crippen molar-refractivity contribution in [2.24, 2.45) is 23.7 Å². The number of rotatable bonds is 16. The number of hydrogen-bond acceptors (Lipinski definition) is 13. The second-order valence-corrected chi connectivity index (χ2v) is 27.0. The number of carbonyl (C=O) groups excluding carboxylic acids is 11. The van der Waals surface area contributed by atoms with Crippen molar-refractivity contribution < 1.29 is 57.8 Å². The average molecular weight is 1300 g/mol. The lowest BCUT2D eigenvalue weighted by atomic mass is 9.98. The third kappa shape index (κ3) is 21.0. The third-order valence-corrected chi connectivity index (χ3v) is 17.9. The molecule has 0 aromatic heterocycles. The second-order valence-electron chi connectivity index (χ2n) is 27.0. The molecule has 0 bridgehead atoms. The second kappa shape index (κ2) is 36.3. The highest BCUT2D eigenvalue weighted by Crippen LogP contribution is 2.24. The summed E-state index contributed by atoms with van der Waals surface area (Å²) in [4.78, 5) is 175. The van der Waals surface area contributed by atoms with E-state index in [4.69, 9.17) is 0 Å². The summed E-state index contributed by atoms with van der Waals surface area (Å²) in [5, 5.41) is 23.1. The number of imide groups is 1. The minimum Gasteiger partial charge on any atom is -0.391 e. The fraction of sp³-hybridized carbons (Fsp3) is 0.667. The van der Waals surface area contributed by atoms with Crippen molar-refractivity contribution in [3.63, 3.8) is 0 Å². The monoisotopic (exact) mass is 1300 g/mol. The molecular formula is C69H110N12O12. The lowest BCUT2D eigenvalue weighted by molar-refractivity contribution is -0.151. The molecule has 2 heterocycles. The van der Waals surface area contributed by atoms with E-state index in [9.17, 15) is 29.1 Å². The molecule has 1 unspecified atom stereocenters. The van der Waals surface area contributed by atoms with Crippen LogP contribution in [0.25, 0.3) is 0 Å². The van der Waals surface area contributed by atoms with Gasteiger partial charge in [0.25, 0.3) is 17.7 Å². The number of aliphatic hydroxyl groups excluding tert-OH is 1. The van der Waals surface area contributed by atoms with Gasteiger partial charge in [0.05, 0.1) is 18.3 Å². The van der Waals surface area contributed by atoms with Gasteiger partial charge in [0.1, 0.15) is 42.3 Å². The molecule has 0 radical (unpaired) electrons. The number of amides is 12. The molecule has 0 saturated carbocycles. The summed E-state index contributed by atoms with van der Waals surface area (Å²) in [7, 11) is 8.58. The van der Waals surface area contributed by atoms with Crippen molar-refractivity contribution in [1.82, 2.24) is 60.5 Å². The van der Waals surface area contributed by atoms with Gasteiger partial charge in [0.15, 0.2) is 6.04 Å². The first-order chi connectivity index (χ1) is 43.7. The lowest BCUT2D eigenvalue weighted by Gasteiger charge is -2.40. The quantitative estimate of drug-likeness (QED) is 0.147. The molecule has 24 nitrogen and oxygen atoms in total. The largest absolute Gasteiger partial charge is 0.391 e. The Morgan fingerprint density at radius 1 is 0.505 bits per heavy atom. The SMILES string of the molecule is CC[C@H]1C(=O)N[C@@H]([C@@H](C)O)C(=O)N(CCc2ccccc2)C(=O)N(C)[C@@H](CC(C)C)C(=O)N[C@H](C(=O)N2CCCCC2)C(=O)N(C)[C@@H](C(C)C)N[C@@H](CC(C)C)C(=O)N(C)[C@@H](CC)C(=O)N(C)[C@@H](Cc2ccccc2)C(=O)N[C@@H](C)C(=O)N(C)C(CC(C)C)C(=O)N1C. The Kier molecular flexibility index (Phi) is 30.4. The van der Waals surface area contributed by atoms with Crippen LogP contribution in [-0.2, 0) is 60.8 Å². The predicted octanol–water partition coefficient (Wildman–Crippen LogP) is 4.27. The molecule has 93 heavy (non-hydrogen) atoms. The van der Waals surface area contributed by atoms with Crippen LogP contribution in [0.4, 0.5) is 4.79 Å². The molecule has 0 spiro atoms. The Morgan fingerprint density at radius 3 is 1.49 bits per heavy atom. The summed E-state index contributed by atoms with van der Waals surface area (Å²) in [5.41, 5.74) is 1.42. The lowest BCUT2D eigenvalue weighted by Crippen LogP contribution is -2.65. The molecule has 2 aromatic rings. The Morgan fingerprint density at radius 2 is 0.978 bits per heavy atom. The fourth-order valence-corrected chi connectivity index (χ4v) is 12.3. The van der Waals surface area contributed by atoms with Crippen molar-refractivity contribution in [1.29, 1.82) is 0 Å². The highest BCUT2D eigenvalue weighted by atomic mass is 16.3. The number of likely N-dealkylation sites (N-methyl/N-ethyl adjacent to an activating group) is 6. The van der Waals surface area contributed by atoms with Gasteiger partial charge in [-0.05, 0) is 106 Å². The summed E-state index contributed by atoms with van der Waals surface area (Å²) >= 11 is 0. The van der Waals surface area contributed by atoms with E-state index < -0.39 is 138 Å². The van der Waals surface area contributed by atoms with Crippen molar-refractivity contribution in [3.8, 4) is 0 Å². The summed E-state index contributed by atoms with van der Waals surface area (Å²) in [6.45, 7) is 21.3. The van der Waals surface area contributed by atoms with E-state index in [0.717, 1.165) is 21.8 Å². The zero-order chi connectivity index (χ0) is 69.9. The standard InChI is InChI=1S/C69H110N12O12/c1-19-51-59(83)72-56(47(12)82)68(92)81(37-34-48-30-24-21-25-31-48)69(93)78(17)53(39-43(5)6)61(85)73-57(67(91)80-35-28-23-29-36-80)66(90)79(18)58(45(9)10)71-50(38-42(3)4)63(87)75(14)52(20-2)64(88)76(15)54(41-49-32-26-22-27-33-49)60(84)70-46(11)62(86)77(16)55(40-44(7)8)65(89)74(51)13/h21-22,24-27,30-33,42-47,50-58,71,82H,19-20,23,28-29,34-41H2,1-18H3,(H,70,84)(H,72,83)(H,73,85)/t46-,47+,50-,51-,52-,53-,54-,55?,56-,57-,58-/m0/s1. The van der Waals surface area contributed by atoms with Crippen molar-refractivity contribution >= 4 is 65.1 Å². The van der Waals surface area contributed by atoms with Crippen LogP contribution in [-0.4, -0.2) is 238 Å². The van der Waals surface area contributed by atoms with Crippen molar-refractivity contribution in [2.45, 2.75) is 214 Å². The zero-order valence-electron chi connectivity index (χ0n) is 58.6. The number of benzene rings is 2. The van der Waals surface area contributed by atoms with Crippen LogP contribution in [0.1, 0.15) is 146 Å². The fourth-order valence-electron chi connectivity index (χ4n) is 12.3. The Hall–Kier alpha value is -7.47. The number of urea groups is 1. The molecule has 11 atom stereocenters. The number of nitrogens with zero attached hydrogens (tertiary/aromatic N) is 8. The number of carbonyl (C=O) groups is 11. The molecule has 4 rings (SSSR count). The third-order valence-electron chi connectivity index (χ3n) is 17.9. The Bertz CT molecular complexity index is 2850.